The van der Waals surface area contributed by atoms with Crippen molar-refractivity contribution in [1.82, 2.24) is 10.1 Å². The third kappa shape index (κ3) is 2.57. The zero-order valence-corrected chi connectivity index (χ0v) is 12.6. The van der Waals surface area contributed by atoms with Crippen molar-refractivity contribution >= 4 is 11.6 Å². The fourth-order valence-corrected chi connectivity index (χ4v) is 3.16. The van der Waals surface area contributed by atoms with Gasteiger partial charge >= 0.3 is 0 Å². The van der Waals surface area contributed by atoms with Crippen LogP contribution in [-0.2, 0) is 16.8 Å². The molecule has 1 fully saturated rings. The molecule has 1 aromatic carbocycles. The van der Waals surface area contributed by atoms with E-state index in [4.69, 9.17) is 15.0 Å². The van der Waals surface area contributed by atoms with Crippen LogP contribution >= 0.6 is 0 Å². The standard InChI is InChI=1S/C16H18N4O3/c17-16(7-3-4-8-16)15-19-13(23-20-15)9-12-14(21)18-10-5-1-2-6-11(10)22-12/h1-2,5-6,12H,3-4,7-9,17H2,(H,18,21). The minimum absolute atomic E-state index is 0.216. The topological polar surface area (TPSA) is 103 Å². The maximum atomic E-state index is 12.1. The lowest BCUT2D eigenvalue weighted by molar-refractivity contribution is -0.123. The molecule has 4 rings (SSSR count). The first-order valence-electron chi connectivity index (χ1n) is 7.83. The molecule has 1 atom stereocenters. The first-order valence-corrected chi connectivity index (χ1v) is 7.83. The molecular weight excluding hydrogens is 296 g/mol. The summed E-state index contributed by atoms with van der Waals surface area (Å²) in [5.41, 5.74) is 6.50. The van der Waals surface area contributed by atoms with Gasteiger partial charge in [0.25, 0.3) is 5.91 Å². The molecule has 1 aliphatic heterocycles. The van der Waals surface area contributed by atoms with Crippen molar-refractivity contribution in [1.29, 1.82) is 0 Å². The lowest BCUT2D eigenvalue weighted by Gasteiger charge is -2.24. The van der Waals surface area contributed by atoms with Gasteiger partial charge in [-0.2, -0.15) is 4.98 Å². The smallest absolute Gasteiger partial charge is 0.266 e. The van der Waals surface area contributed by atoms with Gasteiger partial charge in [0.05, 0.1) is 17.6 Å². The Bertz CT molecular complexity index is 736. The van der Waals surface area contributed by atoms with Crippen LogP contribution in [0.3, 0.4) is 0 Å². The minimum atomic E-state index is -0.685. The van der Waals surface area contributed by atoms with Crippen LogP contribution in [0.25, 0.3) is 0 Å². The minimum Gasteiger partial charge on any atom is -0.478 e. The summed E-state index contributed by atoms with van der Waals surface area (Å²) >= 11 is 0. The van der Waals surface area contributed by atoms with Crippen LogP contribution in [0.15, 0.2) is 28.8 Å². The van der Waals surface area contributed by atoms with E-state index in [2.05, 4.69) is 15.5 Å². The SMILES string of the molecule is NC1(c2noc(CC3Oc4ccccc4NC3=O)n2)CCCC1. The molecule has 2 aromatic rings. The van der Waals surface area contributed by atoms with Crippen LogP contribution in [0.4, 0.5) is 5.69 Å². The second-order valence-electron chi connectivity index (χ2n) is 6.17. The Labute approximate surface area is 133 Å². The van der Waals surface area contributed by atoms with E-state index in [1.165, 1.54) is 0 Å². The summed E-state index contributed by atoms with van der Waals surface area (Å²) in [6.45, 7) is 0. The highest BCUT2D eigenvalue weighted by atomic mass is 16.5. The molecule has 7 heteroatoms. The van der Waals surface area contributed by atoms with E-state index in [1.807, 2.05) is 18.2 Å². The van der Waals surface area contributed by atoms with E-state index in [1.54, 1.807) is 6.07 Å². The number of ether oxygens (including phenoxy) is 1. The average Bonchev–Trinajstić information content (AvgIpc) is 3.18. The summed E-state index contributed by atoms with van der Waals surface area (Å²) in [4.78, 5) is 16.5. The molecule has 1 unspecified atom stereocenters. The number of nitrogens with two attached hydrogens (primary N) is 1. The second kappa shape index (κ2) is 5.34. The second-order valence-corrected chi connectivity index (χ2v) is 6.17. The number of hydrogen-bond donors (Lipinski definition) is 2. The Kier molecular flexibility index (Phi) is 3.30. The van der Waals surface area contributed by atoms with Crippen molar-refractivity contribution in [3.63, 3.8) is 0 Å². The summed E-state index contributed by atoms with van der Waals surface area (Å²) in [6, 6.07) is 7.31. The van der Waals surface area contributed by atoms with E-state index in [-0.39, 0.29) is 12.3 Å². The van der Waals surface area contributed by atoms with Crippen molar-refractivity contribution in [2.75, 3.05) is 5.32 Å². The van der Waals surface area contributed by atoms with Gasteiger partial charge in [0.2, 0.25) is 5.89 Å². The van der Waals surface area contributed by atoms with Crippen LogP contribution in [0, 0.1) is 0 Å². The Balaban J connectivity index is 1.51. The number of aromatic nitrogens is 2. The van der Waals surface area contributed by atoms with Gasteiger partial charge in [-0.15, -0.1) is 0 Å². The number of benzene rings is 1. The summed E-state index contributed by atoms with van der Waals surface area (Å²) in [6.07, 6.45) is 3.41. The molecule has 1 saturated carbocycles. The predicted octanol–water partition coefficient (Wildman–Crippen LogP) is 1.74. The van der Waals surface area contributed by atoms with Gasteiger partial charge in [-0.05, 0) is 25.0 Å². The molecule has 1 aromatic heterocycles. The van der Waals surface area contributed by atoms with Gasteiger partial charge in [0.15, 0.2) is 11.9 Å². The van der Waals surface area contributed by atoms with E-state index in [0.29, 0.717) is 23.2 Å². The van der Waals surface area contributed by atoms with E-state index < -0.39 is 11.6 Å². The highest BCUT2D eigenvalue weighted by Gasteiger charge is 2.37. The van der Waals surface area contributed by atoms with Gasteiger partial charge < -0.3 is 20.3 Å². The van der Waals surface area contributed by atoms with Crippen LogP contribution in [-0.4, -0.2) is 22.2 Å². The quantitative estimate of drug-likeness (QED) is 0.894. The molecule has 120 valence electrons. The molecule has 0 spiro atoms. The first kappa shape index (κ1) is 14.2. The highest BCUT2D eigenvalue weighted by molar-refractivity contribution is 5.97. The van der Waals surface area contributed by atoms with E-state index in [9.17, 15) is 4.79 Å². The molecule has 2 aliphatic rings. The third-order valence-corrected chi connectivity index (χ3v) is 4.48. The number of rotatable bonds is 3. The van der Waals surface area contributed by atoms with Crippen molar-refractivity contribution in [2.24, 2.45) is 5.73 Å². The Morgan fingerprint density at radius 2 is 2.09 bits per heavy atom. The van der Waals surface area contributed by atoms with Gasteiger partial charge in [0.1, 0.15) is 5.75 Å². The molecule has 23 heavy (non-hydrogen) atoms. The Hall–Kier alpha value is -2.41. The first-order chi connectivity index (χ1) is 11.1. The fourth-order valence-electron chi connectivity index (χ4n) is 3.16. The normalized spacial score (nSPS) is 22.3. The van der Waals surface area contributed by atoms with Crippen LogP contribution in [0.1, 0.15) is 37.4 Å². The number of anilines is 1. The third-order valence-electron chi connectivity index (χ3n) is 4.48. The number of carbonyl (C=O) groups excluding carboxylic acids is 1. The average molecular weight is 314 g/mol. The lowest BCUT2D eigenvalue weighted by atomic mass is 9.99. The number of fused-ring (bicyclic) bond motifs is 1. The maximum absolute atomic E-state index is 12.1. The van der Waals surface area contributed by atoms with Gasteiger partial charge in [-0.1, -0.05) is 30.1 Å². The predicted molar refractivity (Wildman–Crippen MR) is 81.8 cm³/mol. The number of carbonyl (C=O) groups is 1. The molecule has 1 amide bonds. The van der Waals surface area contributed by atoms with E-state index in [0.717, 1.165) is 25.7 Å². The Morgan fingerprint density at radius 3 is 2.91 bits per heavy atom. The van der Waals surface area contributed by atoms with Crippen molar-refractivity contribution < 1.29 is 14.1 Å². The van der Waals surface area contributed by atoms with Crippen molar-refractivity contribution in [3.8, 4) is 5.75 Å². The summed E-state index contributed by atoms with van der Waals surface area (Å²) in [5.74, 6) is 1.33. The van der Waals surface area contributed by atoms with Gasteiger partial charge in [0, 0.05) is 0 Å². The lowest BCUT2D eigenvalue weighted by Crippen LogP contribution is -2.38. The molecule has 1 aliphatic carbocycles. The van der Waals surface area contributed by atoms with Crippen LogP contribution in [0.5, 0.6) is 5.75 Å². The molecule has 0 saturated heterocycles. The van der Waals surface area contributed by atoms with E-state index >= 15 is 0 Å². The summed E-state index contributed by atoms with van der Waals surface area (Å²) in [5, 5.41) is 6.83. The molecule has 7 nitrogen and oxygen atoms in total. The highest BCUT2D eigenvalue weighted by Crippen LogP contribution is 2.35. The molecular formula is C16H18N4O3. The number of hydrogen-bond acceptors (Lipinski definition) is 6. The molecule has 0 radical (unpaired) electrons. The van der Waals surface area contributed by atoms with Crippen molar-refractivity contribution in [2.45, 2.75) is 43.7 Å². The number of para-hydroxylation sites is 2. The largest absolute Gasteiger partial charge is 0.478 e. The van der Waals surface area contributed by atoms with Gasteiger partial charge in [-0.25, -0.2) is 0 Å². The molecule has 2 heterocycles. The molecule has 3 N–H and O–H groups in total. The summed E-state index contributed by atoms with van der Waals surface area (Å²) in [7, 11) is 0. The van der Waals surface area contributed by atoms with Gasteiger partial charge in [-0.3, -0.25) is 4.79 Å². The number of amides is 1. The maximum Gasteiger partial charge on any atom is 0.266 e. The monoisotopic (exact) mass is 314 g/mol. The zero-order valence-electron chi connectivity index (χ0n) is 12.6. The van der Waals surface area contributed by atoms with Crippen LogP contribution < -0.4 is 15.8 Å². The van der Waals surface area contributed by atoms with Crippen LogP contribution in [0.2, 0.25) is 0 Å². The zero-order chi connectivity index (χ0) is 15.9. The number of nitrogens with one attached hydrogen (secondary N) is 1. The summed E-state index contributed by atoms with van der Waals surface area (Å²) < 4.78 is 11.0. The molecule has 0 bridgehead atoms. The Morgan fingerprint density at radius 1 is 1.30 bits per heavy atom. The fraction of sp³-hybridized carbons (Fsp3) is 0.438. The van der Waals surface area contributed by atoms with Crippen molar-refractivity contribution in [3.05, 3.63) is 36.0 Å². The number of nitrogens with zero attached hydrogens (tertiary/aromatic N) is 2.